The fourth-order valence-electron chi connectivity index (χ4n) is 9.93. The molecule has 8 heterocycles. The quantitative estimate of drug-likeness (QED) is 0.155. The lowest BCUT2D eigenvalue weighted by molar-refractivity contribution is 0.122. The van der Waals surface area contributed by atoms with Crippen molar-refractivity contribution in [1.29, 1.82) is 0 Å². The van der Waals surface area contributed by atoms with Crippen LogP contribution in [0.5, 0.6) is 0 Å². The average Bonchev–Trinajstić information content (AvgIpc) is 4.23. The van der Waals surface area contributed by atoms with E-state index in [1.165, 1.54) is 18.0 Å². The summed E-state index contributed by atoms with van der Waals surface area (Å²) in [5, 5.41) is 16.1. The number of ether oxygens (including phenoxy) is 2. The van der Waals surface area contributed by atoms with E-state index in [9.17, 15) is 4.39 Å². The fourth-order valence-corrected chi connectivity index (χ4v) is 9.93. The van der Waals surface area contributed by atoms with Crippen LogP contribution in [0.2, 0.25) is 0 Å². The van der Waals surface area contributed by atoms with Gasteiger partial charge in [-0.3, -0.25) is 24.3 Å². The number of imidazole rings is 2. The normalized spacial score (nSPS) is 14.1. The van der Waals surface area contributed by atoms with Crippen LogP contribution in [0.4, 0.5) is 15.8 Å². The van der Waals surface area contributed by atoms with Crippen LogP contribution >= 0.6 is 0 Å². The molecule has 0 spiro atoms. The number of nitrogens with one attached hydrogen (secondary N) is 2. The molecule has 0 radical (unpaired) electrons. The molecule has 6 aromatic heterocycles. The van der Waals surface area contributed by atoms with Crippen LogP contribution in [0.3, 0.4) is 0 Å². The molecule has 0 bridgehead atoms. The Morgan fingerprint density at radius 1 is 0.586 bits per heavy atom. The second kappa shape index (κ2) is 19.4. The maximum atomic E-state index is 14.8. The van der Waals surface area contributed by atoms with Crippen molar-refractivity contribution in [2.24, 2.45) is 0 Å². The Hall–Kier alpha value is -7.63. The SMILES string of the molecule is CC.CCc1c(C)nc2ccccc2c1-n1c(C)nc2c(-c3ncn[nH]3)cc(N3CCOCC3)cc21.Cc1nc2c(F)cccc2c(-n2c(C)nc3c(-c4ncn[nH]4)cc(N4CCOCC4)cc32)c1C. The average molecular weight is 941 g/mol. The molecule has 0 saturated carbocycles. The molecule has 12 rings (SSSR count). The summed E-state index contributed by atoms with van der Waals surface area (Å²) in [4.78, 5) is 33.0. The lowest BCUT2D eigenvalue weighted by atomic mass is 10.0. The molecule has 0 atom stereocenters. The molecule has 358 valence electrons. The van der Waals surface area contributed by atoms with Crippen molar-refractivity contribution in [3.05, 3.63) is 119 Å². The number of hydrogen-bond donors (Lipinski definition) is 2. The first-order chi connectivity index (χ1) is 34.2. The Morgan fingerprint density at radius 2 is 1.11 bits per heavy atom. The van der Waals surface area contributed by atoms with Gasteiger partial charge in [-0.15, -0.1) is 0 Å². The standard InChI is InChI=1S/C26H27N7O.C25H24FN7O.C2H6/c1-4-19-16(2)29-22-8-6-5-7-20(22)25(19)33-17(3)30-24-21(26-27-15-28-31-26)13-18(14-23(24)33)32-9-11-34-12-10-32;1-14-15(2)29-22-18(5-4-6-20(22)26)24(14)33-16(3)30-23-19(25-27-13-28-31-25)11-17(12-21(23)33)32-7-9-34-10-8-32;1-2/h5-8,13-15H,4,9-12H2,1-3H3,(H,27,28,31);4-6,11-13H,7-10H2,1-3H3,(H,27,28,31);1-2H3. The minimum absolute atomic E-state index is 0.333. The van der Waals surface area contributed by atoms with Gasteiger partial charge in [0.2, 0.25) is 0 Å². The van der Waals surface area contributed by atoms with Crippen LogP contribution in [-0.4, -0.2) is 112 Å². The van der Waals surface area contributed by atoms with E-state index in [1.807, 2.05) is 46.8 Å². The predicted octanol–water partition coefficient (Wildman–Crippen LogP) is 9.66. The van der Waals surface area contributed by atoms with Gasteiger partial charge in [-0.05, 0) is 88.6 Å². The molecule has 10 aromatic rings. The second-order valence-corrected chi connectivity index (χ2v) is 17.3. The zero-order valence-electron chi connectivity index (χ0n) is 40.9. The van der Waals surface area contributed by atoms with Crippen LogP contribution in [0.1, 0.15) is 54.9 Å². The number of benzene rings is 4. The van der Waals surface area contributed by atoms with E-state index >= 15 is 0 Å². The molecule has 2 saturated heterocycles. The number of H-pyrrole nitrogens is 2. The van der Waals surface area contributed by atoms with Crippen LogP contribution < -0.4 is 9.80 Å². The van der Waals surface area contributed by atoms with Gasteiger partial charge in [0.05, 0.1) is 54.4 Å². The summed E-state index contributed by atoms with van der Waals surface area (Å²) in [7, 11) is 0. The van der Waals surface area contributed by atoms with Crippen molar-refractivity contribution in [2.45, 2.75) is 61.8 Å². The van der Waals surface area contributed by atoms with Crippen LogP contribution in [0.15, 0.2) is 79.4 Å². The van der Waals surface area contributed by atoms with Crippen molar-refractivity contribution in [3.8, 4) is 34.2 Å². The Kier molecular flexibility index (Phi) is 12.8. The molecule has 2 fully saturated rings. The number of pyridine rings is 2. The van der Waals surface area contributed by atoms with Crippen molar-refractivity contribution < 1.29 is 13.9 Å². The molecule has 0 amide bonds. The van der Waals surface area contributed by atoms with Crippen molar-refractivity contribution in [1.82, 2.24) is 59.4 Å². The van der Waals surface area contributed by atoms with E-state index in [0.29, 0.717) is 24.6 Å². The van der Waals surface area contributed by atoms with Gasteiger partial charge in [0, 0.05) is 70.8 Å². The summed E-state index contributed by atoms with van der Waals surface area (Å²) in [5.41, 5.74) is 15.2. The zero-order valence-corrected chi connectivity index (χ0v) is 40.9. The number of anilines is 2. The number of aryl methyl sites for hydroxylation is 4. The summed E-state index contributed by atoms with van der Waals surface area (Å²) in [5.74, 6) is 2.77. The molecule has 2 aliphatic heterocycles. The van der Waals surface area contributed by atoms with Crippen molar-refractivity contribution in [3.63, 3.8) is 0 Å². The number of morpholine rings is 2. The van der Waals surface area contributed by atoms with Gasteiger partial charge in [0.1, 0.15) is 46.7 Å². The molecule has 70 heavy (non-hydrogen) atoms. The lowest BCUT2D eigenvalue weighted by Gasteiger charge is -2.29. The molecule has 16 nitrogen and oxygen atoms in total. The number of aromatic amines is 2. The number of para-hydroxylation sites is 2. The van der Waals surface area contributed by atoms with E-state index < -0.39 is 0 Å². The van der Waals surface area contributed by atoms with E-state index in [-0.39, 0.29) is 5.82 Å². The minimum atomic E-state index is -0.333. The van der Waals surface area contributed by atoms with Gasteiger partial charge in [-0.1, -0.05) is 51.1 Å². The predicted molar refractivity (Wildman–Crippen MR) is 274 cm³/mol. The highest BCUT2D eigenvalue weighted by molar-refractivity contribution is 5.99. The highest BCUT2D eigenvalue weighted by Crippen LogP contribution is 2.39. The van der Waals surface area contributed by atoms with Crippen molar-refractivity contribution in [2.75, 3.05) is 62.4 Å². The summed E-state index contributed by atoms with van der Waals surface area (Å²) in [6, 6.07) is 22.1. The number of halogens is 1. The van der Waals surface area contributed by atoms with E-state index in [2.05, 4.69) is 118 Å². The molecular formula is C53H57FN14O2. The number of aromatic nitrogens is 12. The third-order valence-electron chi connectivity index (χ3n) is 13.3. The van der Waals surface area contributed by atoms with Crippen LogP contribution in [0.25, 0.3) is 78.0 Å². The molecule has 17 heteroatoms. The van der Waals surface area contributed by atoms with Gasteiger partial charge >= 0.3 is 0 Å². The lowest BCUT2D eigenvalue weighted by Crippen LogP contribution is -2.36. The first-order valence-corrected chi connectivity index (χ1v) is 24.1. The van der Waals surface area contributed by atoms with E-state index in [0.717, 1.165) is 152 Å². The van der Waals surface area contributed by atoms with Gasteiger partial charge in [-0.25, -0.2) is 29.3 Å². The third-order valence-corrected chi connectivity index (χ3v) is 13.3. The Labute approximate surface area is 405 Å². The molecule has 0 aliphatic carbocycles. The first kappa shape index (κ1) is 46.1. The molecule has 2 aliphatic rings. The summed E-state index contributed by atoms with van der Waals surface area (Å²) in [6.45, 7) is 22.4. The topological polar surface area (TPSA) is 170 Å². The van der Waals surface area contributed by atoms with Gasteiger partial charge in [0.15, 0.2) is 11.6 Å². The van der Waals surface area contributed by atoms with Crippen LogP contribution in [0, 0.1) is 40.4 Å². The molecule has 4 aromatic carbocycles. The molecule has 2 N–H and O–H groups in total. The Morgan fingerprint density at radius 3 is 1.64 bits per heavy atom. The number of fused-ring (bicyclic) bond motifs is 4. The summed E-state index contributed by atoms with van der Waals surface area (Å²) in [6.07, 6.45) is 3.93. The van der Waals surface area contributed by atoms with Gasteiger partial charge in [0.25, 0.3) is 0 Å². The Balaban J connectivity index is 0.000000157. The maximum Gasteiger partial charge on any atom is 0.157 e. The highest BCUT2D eigenvalue weighted by atomic mass is 19.1. The third kappa shape index (κ3) is 8.17. The zero-order chi connectivity index (χ0) is 48.6. The van der Waals surface area contributed by atoms with E-state index in [1.54, 1.807) is 12.4 Å². The first-order valence-electron chi connectivity index (χ1n) is 24.1. The highest BCUT2D eigenvalue weighted by Gasteiger charge is 2.26. The number of hydrogen-bond acceptors (Lipinski definition) is 12. The maximum absolute atomic E-state index is 14.8. The van der Waals surface area contributed by atoms with Gasteiger partial charge < -0.3 is 19.3 Å². The van der Waals surface area contributed by atoms with Gasteiger partial charge in [-0.2, -0.15) is 10.2 Å². The monoisotopic (exact) mass is 940 g/mol. The van der Waals surface area contributed by atoms with E-state index in [4.69, 9.17) is 24.4 Å². The second-order valence-electron chi connectivity index (χ2n) is 17.3. The molecule has 0 unspecified atom stereocenters. The molecular weight excluding hydrogens is 884 g/mol. The van der Waals surface area contributed by atoms with Crippen molar-refractivity contribution >= 4 is 55.2 Å². The minimum Gasteiger partial charge on any atom is -0.378 e. The fraction of sp³-hybridized carbons (Fsp3) is 0.321. The summed E-state index contributed by atoms with van der Waals surface area (Å²) >= 11 is 0. The number of rotatable bonds is 7. The Bertz CT molecular complexity index is 3500. The largest absolute Gasteiger partial charge is 0.378 e. The smallest absolute Gasteiger partial charge is 0.157 e. The number of nitrogens with zero attached hydrogens (tertiary/aromatic N) is 12. The summed E-state index contributed by atoms with van der Waals surface area (Å²) < 4.78 is 30.4. The van der Waals surface area contributed by atoms with Crippen LogP contribution in [-0.2, 0) is 15.9 Å².